The van der Waals surface area contributed by atoms with Gasteiger partial charge in [-0.3, -0.25) is 14.7 Å². The number of carbonyl (C=O) groups is 1. The van der Waals surface area contributed by atoms with Crippen LogP contribution in [-0.2, 0) is 23.0 Å². The van der Waals surface area contributed by atoms with Gasteiger partial charge in [0.25, 0.3) is 0 Å². The number of hydrogen-bond acceptors (Lipinski definition) is 5. The third-order valence-corrected chi connectivity index (χ3v) is 5.71. The summed E-state index contributed by atoms with van der Waals surface area (Å²) >= 11 is 0. The Hall–Kier alpha value is -2.57. The SMILES string of the molecule is Cc1ncc(-c2ccc3cnc(CC(=O)[C@H](C)N4CCOCC4)cc3c2)n1C. The van der Waals surface area contributed by atoms with E-state index in [2.05, 4.69) is 37.6 Å². The van der Waals surface area contributed by atoms with Crippen LogP contribution in [0.3, 0.4) is 0 Å². The van der Waals surface area contributed by atoms with Crippen molar-refractivity contribution in [1.82, 2.24) is 19.4 Å². The number of Topliss-reactive ketones (excluding diaryl/α,β-unsaturated/α-hetero) is 1. The second-order valence-electron chi connectivity index (χ2n) is 7.45. The number of imidazole rings is 1. The molecule has 1 aliphatic heterocycles. The number of hydrogen-bond donors (Lipinski definition) is 0. The topological polar surface area (TPSA) is 60.3 Å². The van der Waals surface area contributed by atoms with Crippen molar-refractivity contribution in [3.63, 3.8) is 0 Å². The molecule has 3 heterocycles. The molecule has 3 aromatic rings. The zero-order valence-electron chi connectivity index (χ0n) is 16.7. The number of ketones is 1. The molecule has 1 saturated heterocycles. The maximum atomic E-state index is 12.7. The van der Waals surface area contributed by atoms with Gasteiger partial charge in [-0.25, -0.2) is 4.98 Å². The van der Waals surface area contributed by atoms with Gasteiger partial charge >= 0.3 is 0 Å². The number of rotatable bonds is 5. The van der Waals surface area contributed by atoms with Crippen molar-refractivity contribution in [2.24, 2.45) is 7.05 Å². The van der Waals surface area contributed by atoms with Crippen LogP contribution >= 0.6 is 0 Å². The number of pyridine rings is 1. The number of fused-ring (bicyclic) bond motifs is 1. The molecule has 0 aliphatic carbocycles. The minimum absolute atomic E-state index is 0.106. The minimum Gasteiger partial charge on any atom is -0.379 e. The minimum atomic E-state index is -0.106. The summed E-state index contributed by atoms with van der Waals surface area (Å²) in [6.07, 6.45) is 4.10. The highest BCUT2D eigenvalue weighted by Gasteiger charge is 2.23. The average Bonchev–Trinajstić information content (AvgIpc) is 3.06. The molecule has 0 unspecified atom stereocenters. The monoisotopic (exact) mass is 378 g/mol. The van der Waals surface area contributed by atoms with Gasteiger partial charge in [0.2, 0.25) is 0 Å². The van der Waals surface area contributed by atoms with Crippen LogP contribution in [-0.4, -0.2) is 57.6 Å². The molecular weight excluding hydrogens is 352 g/mol. The van der Waals surface area contributed by atoms with Crippen molar-refractivity contribution in [2.75, 3.05) is 26.3 Å². The van der Waals surface area contributed by atoms with Crippen LogP contribution < -0.4 is 0 Å². The molecule has 1 fully saturated rings. The van der Waals surface area contributed by atoms with Crippen LogP contribution in [0.1, 0.15) is 18.4 Å². The van der Waals surface area contributed by atoms with E-state index in [0.29, 0.717) is 19.6 Å². The van der Waals surface area contributed by atoms with E-state index in [1.807, 2.05) is 39.4 Å². The van der Waals surface area contributed by atoms with Crippen molar-refractivity contribution in [3.05, 3.63) is 48.2 Å². The number of morpholine rings is 1. The third kappa shape index (κ3) is 3.70. The van der Waals surface area contributed by atoms with Gasteiger partial charge in [-0.1, -0.05) is 12.1 Å². The van der Waals surface area contributed by atoms with Crippen LogP contribution in [0.25, 0.3) is 22.0 Å². The van der Waals surface area contributed by atoms with Crippen molar-refractivity contribution < 1.29 is 9.53 Å². The van der Waals surface area contributed by atoms with Crippen LogP contribution in [0.2, 0.25) is 0 Å². The molecule has 1 aromatic carbocycles. The lowest BCUT2D eigenvalue weighted by atomic mass is 10.0. The summed E-state index contributed by atoms with van der Waals surface area (Å²) in [4.78, 5) is 23.8. The van der Waals surface area contributed by atoms with Gasteiger partial charge in [0.15, 0.2) is 5.78 Å². The molecule has 4 rings (SSSR count). The highest BCUT2D eigenvalue weighted by Crippen LogP contribution is 2.25. The molecule has 6 heteroatoms. The Kier molecular flexibility index (Phi) is 5.24. The van der Waals surface area contributed by atoms with E-state index in [-0.39, 0.29) is 11.8 Å². The Morgan fingerprint density at radius 2 is 1.93 bits per heavy atom. The molecule has 2 aromatic heterocycles. The van der Waals surface area contributed by atoms with E-state index in [4.69, 9.17) is 4.74 Å². The molecule has 28 heavy (non-hydrogen) atoms. The van der Waals surface area contributed by atoms with Crippen LogP contribution in [0.5, 0.6) is 0 Å². The van der Waals surface area contributed by atoms with Crippen molar-refractivity contribution >= 4 is 16.6 Å². The van der Waals surface area contributed by atoms with Gasteiger partial charge in [-0.2, -0.15) is 0 Å². The van der Waals surface area contributed by atoms with Gasteiger partial charge in [-0.15, -0.1) is 0 Å². The zero-order valence-corrected chi connectivity index (χ0v) is 16.7. The number of aromatic nitrogens is 3. The second-order valence-corrected chi connectivity index (χ2v) is 7.45. The Morgan fingerprint density at radius 3 is 2.64 bits per heavy atom. The summed E-state index contributed by atoms with van der Waals surface area (Å²) in [5.41, 5.74) is 3.01. The first kappa shape index (κ1) is 18.8. The maximum absolute atomic E-state index is 12.7. The standard InChI is InChI=1S/C22H26N4O2/c1-15(26-6-8-28-9-7-26)22(27)12-20-11-19-10-17(4-5-18(19)13-24-20)21-14-23-16(2)25(21)3/h4-5,10-11,13-15H,6-9,12H2,1-3H3/t15-/m0/s1. The molecule has 1 atom stereocenters. The number of aryl methyl sites for hydroxylation is 1. The summed E-state index contributed by atoms with van der Waals surface area (Å²) in [7, 11) is 2.02. The van der Waals surface area contributed by atoms with E-state index in [1.54, 1.807) is 0 Å². The third-order valence-electron chi connectivity index (χ3n) is 5.71. The summed E-state index contributed by atoms with van der Waals surface area (Å²) in [6.45, 7) is 6.99. The molecule has 1 aliphatic rings. The molecule has 0 radical (unpaired) electrons. The Morgan fingerprint density at radius 1 is 1.14 bits per heavy atom. The highest BCUT2D eigenvalue weighted by atomic mass is 16.5. The first-order valence-electron chi connectivity index (χ1n) is 9.75. The van der Waals surface area contributed by atoms with Crippen LogP contribution in [0, 0.1) is 6.92 Å². The lowest BCUT2D eigenvalue weighted by molar-refractivity contribution is -0.124. The molecule has 6 nitrogen and oxygen atoms in total. The molecular formula is C22H26N4O2. The van der Waals surface area contributed by atoms with Gasteiger partial charge in [0, 0.05) is 43.0 Å². The Labute approximate surface area is 165 Å². The number of nitrogens with zero attached hydrogens (tertiary/aromatic N) is 4. The predicted octanol–water partition coefficient (Wildman–Crippen LogP) is 2.78. The average molecular weight is 378 g/mol. The number of ether oxygens (including phenoxy) is 1. The van der Waals surface area contributed by atoms with Crippen LogP contribution in [0.15, 0.2) is 36.7 Å². The fraction of sp³-hybridized carbons (Fsp3) is 0.409. The fourth-order valence-electron chi connectivity index (χ4n) is 3.71. The molecule has 146 valence electrons. The summed E-state index contributed by atoms with van der Waals surface area (Å²) < 4.78 is 7.46. The van der Waals surface area contributed by atoms with Crippen LogP contribution in [0.4, 0.5) is 0 Å². The normalized spacial score (nSPS) is 16.4. The predicted molar refractivity (Wildman–Crippen MR) is 109 cm³/mol. The Balaban J connectivity index is 1.56. The van der Waals surface area contributed by atoms with Crippen molar-refractivity contribution in [1.29, 1.82) is 0 Å². The largest absolute Gasteiger partial charge is 0.379 e. The van der Waals surface area contributed by atoms with Gasteiger partial charge in [0.1, 0.15) is 5.82 Å². The summed E-state index contributed by atoms with van der Waals surface area (Å²) in [5, 5.41) is 2.16. The van der Waals surface area contributed by atoms with Gasteiger partial charge in [-0.05, 0) is 31.4 Å². The fourth-order valence-corrected chi connectivity index (χ4v) is 3.71. The molecule has 0 N–H and O–H groups in total. The van der Waals surface area contributed by atoms with E-state index in [1.165, 1.54) is 0 Å². The summed E-state index contributed by atoms with van der Waals surface area (Å²) in [5.74, 6) is 1.18. The first-order valence-corrected chi connectivity index (χ1v) is 9.75. The quantitative estimate of drug-likeness (QED) is 0.683. The van der Waals surface area contributed by atoms with Gasteiger partial charge in [0.05, 0.1) is 37.6 Å². The maximum Gasteiger partial charge on any atom is 0.155 e. The second kappa shape index (κ2) is 7.81. The zero-order chi connectivity index (χ0) is 19.7. The lowest BCUT2D eigenvalue weighted by Crippen LogP contribution is -2.46. The number of carbonyl (C=O) groups excluding carboxylic acids is 1. The van der Waals surface area contributed by atoms with E-state index >= 15 is 0 Å². The van der Waals surface area contributed by atoms with Crippen molar-refractivity contribution in [2.45, 2.75) is 26.3 Å². The van der Waals surface area contributed by atoms with E-state index in [0.717, 1.165) is 46.6 Å². The van der Waals surface area contributed by atoms with E-state index in [9.17, 15) is 4.79 Å². The molecule has 0 bridgehead atoms. The van der Waals surface area contributed by atoms with E-state index < -0.39 is 0 Å². The van der Waals surface area contributed by atoms with Gasteiger partial charge < -0.3 is 9.30 Å². The lowest BCUT2D eigenvalue weighted by Gasteiger charge is -2.31. The molecule has 0 amide bonds. The van der Waals surface area contributed by atoms with Crippen molar-refractivity contribution in [3.8, 4) is 11.3 Å². The smallest absolute Gasteiger partial charge is 0.155 e. The molecule has 0 spiro atoms. The first-order chi connectivity index (χ1) is 13.5. The molecule has 0 saturated carbocycles. The summed E-state index contributed by atoms with van der Waals surface area (Å²) in [6, 6.07) is 8.23. The highest BCUT2D eigenvalue weighted by molar-refractivity contribution is 5.89. The Bertz CT molecular complexity index is 1000. The number of benzene rings is 1.